The number of nitrogens with zero attached hydrogens (tertiary/aromatic N) is 2. The fraction of sp³-hybridized carbons (Fsp3) is 0.714. The van der Waals surface area contributed by atoms with Gasteiger partial charge in [0, 0.05) is 37.2 Å². The topological polar surface area (TPSA) is 60.9 Å². The summed E-state index contributed by atoms with van der Waals surface area (Å²) in [5, 5.41) is 11.3. The molecular formula is C14H22N2O3S2. The molecule has 1 unspecified atom stereocenters. The minimum atomic E-state index is -3.42. The molecule has 0 spiro atoms. The Kier molecular flexibility index (Phi) is 4.66. The molecule has 0 amide bonds. The highest BCUT2D eigenvalue weighted by Crippen LogP contribution is 2.34. The van der Waals surface area contributed by atoms with E-state index < -0.39 is 10.2 Å². The standard InChI is InChI=1S/C14H22N2O3S2/c17-11-12-3-1-7-15(9-12)21(18,19)16(13-5-6-13)10-14-4-2-8-20-14/h2,4,8,12-13,17H,1,3,5-7,9-11H2. The fourth-order valence-corrected chi connectivity index (χ4v) is 5.58. The van der Waals surface area contributed by atoms with Crippen LogP contribution < -0.4 is 0 Å². The maximum atomic E-state index is 12.9. The Bertz CT molecular complexity index is 555. The molecule has 0 radical (unpaired) electrons. The summed E-state index contributed by atoms with van der Waals surface area (Å²) in [6.07, 6.45) is 3.67. The molecule has 1 aromatic rings. The fourth-order valence-electron chi connectivity index (χ4n) is 2.85. The van der Waals surface area contributed by atoms with Crippen LogP contribution in [0.25, 0.3) is 0 Å². The van der Waals surface area contributed by atoms with Gasteiger partial charge in [-0.15, -0.1) is 11.3 Å². The van der Waals surface area contributed by atoms with Crippen molar-refractivity contribution >= 4 is 21.5 Å². The number of aliphatic hydroxyl groups is 1. The van der Waals surface area contributed by atoms with Crippen molar-refractivity contribution in [3.8, 4) is 0 Å². The Morgan fingerprint density at radius 1 is 1.38 bits per heavy atom. The second-order valence-corrected chi connectivity index (χ2v) is 8.83. The largest absolute Gasteiger partial charge is 0.396 e. The van der Waals surface area contributed by atoms with Crippen LogP contribution in [0.3, 0.4) is 0 Å². The monoisotopic (exact) mass is 330 g/mol. The lowest BCUT2D eigenvalue weighted by atomic mass is 10.0. The lowest BCUT2D eigenvalue weighted by Gasteiger charge is -2.35. The number of hydrogen-bond donors (Lipinski definition) is 1. The maximum Gasteiger partial charge on any atom is 0.282 e. The van der Waals surface area contributed by atoms with E-state index >= 15 is 0 Å². The van der Waals surface area contributed by atoms with Gasteiger partial charge in [0.15, 0.2) is 0 Å². The smallest absolute Gasteiger partial charge is 0.282 e. The lowest BCUT2D eigenvalue weighted by Crippen LogP contribution is -2.48. The number of hydrogen-bond acceptors (Lipinski definition) is 4. The van der Waals surface area contributed by atoms with Crippen LogP contribution in [-0.4, -0.2) is 47.9 Å². The molecule has 5 nitrogen and oxygen atoms in total. The molecule has 3 rings (SSSR count). The number of rotatable bonds is 6. The second-order valence-electron chi connectivity index (χ2n) is 5.91. The molecule has 1 aliphatic heterocycles. The third-order valence-corrected chi connectivity index (χ3v) is 7.07. The molecule has 0 bridgehead atoms. The summed E-state index contributed by atoms with van der Waals surface area (Å²) in [6, 6.07) is 4.11. The van der Waals surface area contributed by atoms with Crippen LogP contribution in [0.2, 0.25) is 0 Å². The van der Waals surface area contributed by atoms with Crippen LogP contribution in [0.4, 0.5) is 0 Å². The highest BCUT2D eigenvalue weighted by Gasteiger charge is 2.41. The first-order chi connectivity index (χ1) is 10.1. The van der Waals surface area contributed by atoms with Crippen molar-refractivity contribution in [2.75, 3.05) is 19.7 Å². The molecule has 7 heteroatoms. The first-order valence-electron chi connectivity index (χ1n) is 7.51. The summed E-state index contributed by atoms with van der Waals surface area (Å²) in [4.78, 5) is 1.08. The van der Waals surface area contributed by atoms with Gasteiger partial charge in [0.2, 0.25) is 0 Å². The number of thiophene rings is 1. The van der Waals surface area contributed by atoms with E-state index in [1.807, 2.05) is 17.5 Å². The third-order valence-electron chi connectivity index (χ3n) is 4.21. The van der Waals surface area contributed by atoms with E-state index in [0.717, 1.165) is 30.6 Å². The summed E-state index contributed by atoms with van der Waals surface area (Å²) in [6.45, 7) is 1.57. The zero-order valence-corrected chi connectivity index (χ0v) is 13.7. The van der Waals surface area contributed by atoms with Gasteiger partial charge in [0.25, 0.3) is 10.2 Å². The van der Waals surface area contributed by atoms with Crippen LogP contribution in [0, 0.1) is 5.92 Å². The van der Waals surface area contributed by atoms with Gasteiger partial charge in [-0.3, -0.25) is 0 Å². The van der Waals surface area contributed by atoms with Gasteiger partial charge in [0.1, 0.15) is 0 Å². The SMILES string of the molecule is O=S(=O)(N1CCCC(CO)C1)N(Cc1cccs1)C1CC1. The van der Waals surface area contributed by atoms with Crippen LogP contribution in [0.1, 0.15) is 30.6 Å². The van der Waals surface area contributed by atoms with E-state index in [9.17, 15) is 13.5 Å². The Balaban J connectivity index is 1.77. The van der Waals surface area contributed by atoms with Gasteiger partial charge < -0.3 is 5.11 Å². The van der Waals surface area contributed by atoms with Gasteiger partial charge in [0.05, 0.1) is 0 Å². The highest BCUT2D eigenvalue weighted by atomic mass is 32.2. The third kappa shape index (κ3) is 3.48. The Labute approximate surface area is 130 Å². The van der Waals surface area contributed by atoms with Crippen LogP contribution in [-0.2, 0) is 16.8 Å². The van der Waals surface area contributed by atoms with E-state index in [0.29, 0.717) is 19.6 Å². The quantitative estimate of drug-likeness (QED) is 0.863. The molecule has 1 atom stereocenters. The zero-order valence-electron chi connectivity index (χ0n) is 12.0. The van der Waals surface area contributed by atoms with Crippen LogP contribution in [0.5, 0.6) is 0 Å². The van der Waals surface area contributed by atoms with Crippen LogP contribution >= 0.6 is 11.3 Å². The highest BCUT2D eigenvalue weighted by molar-refractivity contribution is 7.86. The van der Waals surface area contributed by atoms with Crippen molar-refractivity contribution in [1.82, 2.24) is 8.61 Å². The summed E-state index contributed by atoms with van der Waals surface area (Å²) >= 11 is 1.60. The normalized spacial score (nSPS) is 24.6. The molecule has 118 valence electrons. The lowest BCUT2D eigenvalue weighted by molar-refractivity contribution is 0.160. The van der Waals surface area contributed by atoms with Gasteiger partial charge >= 0.3 is 0 Å². The average Bonchev–Trinajstić information content (AvgIpc) is 3.20. The number of piperidine rings is 1. The first kappa shape index (κ1) is 15.4. The molecule has 1 saturated carbocycles. The van der Waals surface area contributed by atoms with Crippen molar-refractivity contribution in [3.63, 3.8) is 0 Å². The molecule has 1 aromatic heterocycles. The molecule has 2 fully saturated rings. The van der Waals surface area contributed by atoms with Gasteiger partial charge in [-0.2, -0.15) is 17.0 Å². The van der Waals surface area contributed by atoms with E-state index in [1.165, 1.54) is 0 Å². The predicted octanol–water partition coefficient (Wildman–Crippen LogP) is 1.66. The summed E-state index contributed by atoms with van der Waals surface area (Å²) in [7, 11) is -3.42. The maximum absolute atomic E-state index is 12.9. The molecule has 1 N–H and O–H groups in total. The summed E-state index contributed by atoms with van der Waals surface area (Å²) in [5.74, 6) is 0.0799. The van der Waals surface area contributed by atoms with Crippen molar-refractivity contribution in [3.05, 3.63) is 22.4 Å². The molecule has 1 saturated heterocycles. The molecule has 2 heterocycles. The van der Waals surface area contributed by atoms with E-state index in [1.54, 1.807) is 19.9 Å². The minimum Gasteiger partial charge on any atom is -0.396 e. The Morgan fingerprint density at radius 3 is 2.81 bits per heavy atom. The van der Waals surface area contributed by atoms with Crippen LogP contribution in [0.15, 0.2) is 17.5 Å². The summed E-state index contributed by atoms with van der Waals surface area (Å²) < 4.78 is 29.1. The van der Waals surface area contributed by atoms with Crippen molar-refractivity contribution in [2.24, 2.45) is 5.92 Å². The van der Waals surface area contributed by atoms with Gasteiger partial charge in [-0.25, -0.2) is 0 Å². The number of aliphatic hydroxyl groups excluding tert-OH is 1. The van der Waals surface area contributed by atoms with E-state index in [2.05, 4.69) is 0 Å². The second kappa shape index (κ2) is 6.34. The molecule has 1 aliphatic carbocycles. The van der Waals surface area contributed by atoms with Crippen molar-refractivity contribution in [2.45, 2.75) is 38.3 Å². The molecule has 2 aliphatic rings. The van der Waals surface area contributed by atoms with Gasteiger partial charge in [-0.05, 0) is 43.0 Å². The van der Waals surface area contributed by atoms with Gasteiger partial charge in [-0.1, -0.05) is 6.07 Å². The molecule has 0 aromatic carbocycles. The van der Waals surface area contributed by atoms with E-state index in [-0.39, 0.29) is 18.6 Å². The van der Waals surface area contributed by atoms with Crippen molar-refractivity contribution < 1.29 is 13.5 Å². The molecule has 21 heavy (non-hydrogen) atoms. The summed E-state index contributed by atoms with van der Waals surface area (Å²) in [5.41, 5.74) is 0. The predicted molar refractivity (Wildman–Crippen MR) is 83.2 cm³/mol. The minimum absolute atomic E-state index is 0.0698. The first-order valence-corrected chi connectivity index (χ1v) is 9.79. The molecular weight excluding hydrogens is 308 g/mol. The van der Waals surface area contributed by atoms with Crippen molar-refractivity contribution in [1.29, 1.82) is 0 Å². The zero-order chi connectivity index (χ0) is 14.9. The average molecular weight is 330 g/mol. The van der Waals surface area contributed by atoms with E-state index in [4.69, 9.17) is 0 Å². The Morgan fingerprint density at radius 2 is 2.19 bits per heavy atom. The Hall–Kier alpha value is -0.470.